The third-order valence-corrected chi connectivity index (χ3v) is 6.10. The average Bonchev–Trinajstić information content (AvgIpc) is 3.15. The molecule has 6 heteroatoms. The Morgan fingerprint density at radius 3 is 2.60 bits per heavy atom. The number of hydrogen-bond donors (Lipinski definition) is 1. The third-order valence-electron chi connectivity index (χ3n) is 4.71. The molecule has 1 aliphatic rings. The summed E-state index contributed by atoms with van der Waals surface area (Å²) in [6.45, 7) is 6.09. The van der Waals surface area contributed by atoms with E-state index in [1.165, 1.54) is 4.88 Å². The Morgan fingerprint density at radius 2 is 2.00 bits per heavy atom. The second-order valence-corrected chi connectivity index (χ2v) is 8.26. The lowest BCUT2D eigenvalue weighted by Gasteiger charge is -2.38. The molecule has 0 radical (unpaired) electrons. The van der Waals surface area contributed by atoms with Crippen molar-refractivity contribution < 1.29 is 4.79 Å². The van der Waals surface area contributed by atoms with Gasteiger partial charge in [0.2, 0.25) is 0 Å². The van der Waals surface area contributed by atoms with Crippen molar-refractivity contribution >= 4 is 39.0 Å². The number of carbonyl (C=O) groups is 1. The quantitative estimate of drug-likeness (QED) is 0.734. The van der Waals surface area contributed by atoms with Crippen molar-refractivity contribution in [3.63, 3.8) is 0 Å². The van der Waals surface area contributed by atoms with Gasteiger partial charge in [-0.15, -0.1) is 11.3 Å². The predicted octanol–water partition coefficient (Wildman–Crippen LogP) is 5.03. The first-order valence-corrected chi connectivity index (χ1v) is 10.4. The Kier molecular flexibility index (Phi) is 6.51. The molecular weight excluding hydrogens is 398 g/mol. The number of anilines is 1. The van der Waals surface area contributed by atoms with Crippen LogP contribution in [0.3, 0.4) is 0 Å². The molecule has 0 spiro atoms. The van der Waals surface area contributed by atoms with Crippen LogP contribution >= 0.6 is 27.3 Å². The standard InChI is InChI=1S/C19H24BrN3OS/c1-2-22-11-9-17(10-12-22)23(14-18-4-3-13-25-18)19(24)21-16-7-5-15(20)6-8-16/h3-8,13,17H,2,9-12,14H2,1H3,(H,21,24). The molecule has 2 amide bonds. The van der Waals surface area contributed by atoms with Crippen molar-refractivity contribution in [2.24, 2.45) is 0 Å². The average molecular weight is 422 g/mol. The summed E-state index contributed by atoms with van der Waals surface area (Å²) < 4.78 is 1.01. The van der Waals surface area contributed by atoms with Crippen LogP contribution in [-0.4, -0.2) is 41.5 Å². The summed E-state index contributed by atoms with van der Waals surface area (Å²) >= 11 is 5.14. The van der Waals surface area contributed by atoms with E-state index in [2.05, 4.69) is 44.5 Å². The van der Waals surface area contributed by atoms with Crippen LogP contribution in [0.2, 0.25) is 0 Å². The minimum Gasteiger partial charge on any atom is -0.316 e. The van der Waals surface area contributed by atoms with E-state index < -0.39 is 0 Å². The summed E-state index contributed by atoms with van der Waals surface area (Å²) in [5, 5.41) is 5.13. The number of halogens is 1. The van der Waals surface area contributed by atoms with Gasteiger partial charge in [-0.3, -0.25) is 0 Å². The maximum atomic E-state index is 13.0. The molecule has 1 N–H and O–H groups in total. The Morgan fingerprint density at radius 1 is 1.28 bits per heavy atom. The first kappa shape index (κ1) is 18.4. The van der Waals surface area contributed by atoms with Gasteiger partial charge in [-0.1, -0.05) is 28.9 Å². The number of thiophene rings is 1. The number of nitrogens with zero attached hydrogens (tertiary/aromatic N) is 2. The maximum absolute atomic E-state index is 13.0. The van der Waals surface area contributed by atoms with E-state index >= 15 is 0 Å². The SMILES string of the molecule is CCN1CCC(N(Cc2cccs2)C(=O)Nc2ccc(Br)cc2)CC1. The molecule has 0 atom stereocenters. The van der Waals surface area contributed by atoms with E-state index in [-0.39, 0.29) is 6.03 Å². The number of amides is 2. The van der Waals surface area contributed by atoms with E-state index in [9.17, 15) is 4.79 Å². The van der Waals surface area contributed by atoms with Crippen molar-refractivity contribution in [2.45, 2.75) is 32.4 Å². The second kappa shape index (κ2) is 8.83. The maximum Gasteiger partial charge on any atom is 0.322 e. The van der Waals surface area contributed by atoms with Gasteiger partial charge in [0, 0.05) is 34.2 Å². The van der Waals surface area contributed by atoms with Crippen molar-refractivity contribution in [1.82, 2.24) is 9.80 Å². The Hall–Kier alpha value is -1.37. The van der Waals surface area contributed by atoms with Crippen LogP contribution in [0.5, 0.6) is 0 Å². The highest BCUT2D eigenvalue weighted by molar-refractivity contribution is 9.10. The van der Waals surface area contributed by atoms with Crippen LogP contribution in [0.15, 0.2) is 46.3 Å². The molecule has 1 aliphatic heterocycles. The molecule has 1 fully saturated rings. The van der Waals surface area contributed by atoms with Crippen molar-refractivity contribution in [2.75, 3.05) is 25.0 Å². The van der Waals surface area contributed by atoms with E-state index in [1.54, 1.807) is 11.3 Å². The molecule has 2 aromatic rings. The summed E-state index contributed by atoms with van der Waals surface area (Å²) in [6.07, 6.45) is 2.07. The van der Waals surface area contributed by atoms with Gasteiger partial charge in [0.25, 0.3) is 0 Å². The second-order valence-electron chi connectivity index (χ2n) is 6.31. The van der Waals surface area contributed by atoms with Crippen molar-refractivity contribution in [3.8, 4) is 0 Å². The highest BCUT2D eigenvalue weighted by Gasteiger charge is 2.28. The lowest BCUT2D eigenvalue weighted by molar-refractivity contribution is 0.127. The van der Waals surface area contributed by atoms with Crippen LogP contribution in [0.1, 0.15) is 24.6 Å². The first-order valence-electron chi connectivity index (χ1n) is 8.73. The largest absolute Gasteiger partial charge is 0.322 e. The summed E-state index contributed by atoms with van der Waals surface area (Å²) in [5.41, 5.74) is 0.829. The molecule has 0 bridgehead atoms. The first-order chi connectivity index (χ1) is 12.2. The topological polar surface area (TPSA) is 35.6 Å². The summed E-state index contributed by atoms with van der Waals surface area (Å²) in [6, 6.07) is 12.2. The van der Waals surface area contributed by atoms with Crippen LogP contribution in [0.4, 0.5) is 10.5 Å². The zero-order valence-corrected chi connectivity index (χ0v) is 16.9. The summed E-state index contributed by atoms with van der Waals surface area (Å²) in [5.74, 6) is 0. The number of rotatable bonds is 5. The van der Waals surface area contributed by atoms with E-state index in [0.29, 0.717) is 12.6 Å². The number of carbonyl (C=O) groups excluding carboxylic acids is 1. The zero-order chi connectivity index (χ0) is 17.6. The fraction of sp³-hybridized carbons (Fsp3) is 0.421. The van der Waals surface area contributed by atoms with E-state index in [0.717, 1.165) is 42.6 Å². The fourth-order valence-electron chi connectivity index (χ4n) is 3.21. The minimum absolute atomic E-state index is 0.00864. The fourth-order valence-corrected chi connectivity index (χ4v) is 4.18. The highest BCUT2D eigenvalue weighted by Crippen LogP contribution is 2.22. The zero-order valence-electron chi connectivity index (χ0n) is 14.5. The number of likely N-dealkylation sites (tertiary alicyclic amines) is 1. The molecule has 0 aliphatic carbocycles. The van der Waals surface area contributed by atoms with Gasteiger partial charge < -0.3 is 15.1 Å². The van der Waals surface area contributed by atoms with Gasteiger partial charge in [-0.25, -0.2) is 4.79 Å². The van der Waals surface area contributed by atoms with Gasteiger partial charge in [0.05, 0.1) is 6.54 Å². The smallest absolute Gasteiger partial charge is 0.316 e. The molecule has 134 valence electrons. The number of hydrogen-bond acceptors (Lipinski definition) is 3. The van der Waals surface area contributed by atoms with Crippen molar-refractivity contribution in [3.05, 3.63) is 51.1 Å². The predicted molar refractivity (Wildman–Crippen MR) is 108 cm³/mol. The van der Waals surface area contributed by atoms with Gasteiger partial charge in [-0.05, 0) is 55.1 Å². The van der Waals surface area contributed by atoms with E-state index in [1.807, 2.05) is 35.2 Å². The molecule has 25 heavy (non-hydrogen) atoms. The van der Waals surface area contributed by atoms with Gasteiger partial charge in [-0.2, -0.15) is 0 Å². The number of urea groups is 1. The highest BCUT2D eigenvalue weighted by atomic mass is 79.9. The number of benzene rings is 1. The summed E-state index contributed by atoms with van der Waals surface area (Å²) in [4.78, 5) is 18.7. The Bertz CT molecular complexity index is 666. The Labute approximate surface area is 162 Å². The molecular formula is C19H24BrN3OS. The molecule has 1 aromatic heterocycles. The third kappa shape index (κ3) is 5.06. The van der Waals surface area contributed by atoms with Crippen LogP contribution in [0.25, 0.3) is 0 Å². The summed E-state index contributed by atoms with van der Waals surface area (Å²) in [7, 11) is 0. The normalized spacial score (nSPS) is 15.9. The monoisotopic (exact) mass is 421 g/mol. The number of nitrogens with one attached hydrogen (secondary N) is 1. The lowest BCUT2D eigenvalue weighted by Crippen LogP contribution is -2.48. The lowest BCUT2D eigenvalue weighted by atomic mass is 10.0. The van der Waals surface area contributed by atoms with Gasteiger partial charge in [0.15, 0.2) is 0 Å². The van der Waals surface area contributed by atoms with Gasteiger partial charge in [0.1, 0.15) is 0 Å². The molecule has 1 aromatic carbocycles. The molecule has 0 unspecified atom stereocenters. The van der Waals surface area contributed by atoms with Gasteiger partial charge >= 0.3 is 6.03 Å². The Balaban J connectivity index is 1.71. The van der Waals surface area contributed by atoms with Crippen LogP contribution < -0.4 is 5.32 Å². The van der Waals surface area contributed by atoms with Crippen LogP contribution in [-0.2, 0) is 6.54 Å². The molecule has 3 rings (SSSR count). The van der Waals surface area contributed by atoms with Crippen LogP contribution in [0, 0.1) is 0 Å². The van der Waals surface area contributed by atoms with E-state index in [4.69, 9.17) is 0 Å². The number of piperidine rings is 1. The minimum atomic E-state index is -0.00864. The molecule has 1 saturated heterocycles. The molecule has 4 nitrogen and oxygen atoms in total. The molecule has 2 heterocycles. The molecule has 0 saturated carbocycles. The van der Waals surface area contributed by atoms with Crippen molar-refractivity contribution in [1.29, 1.82) is 0 Å².